The Kier molecular flexibility index (Phi) is 3.63. The zero-order valence-corrected chi connectivity index (χ0v) is 12.4. The molecule has 4 heteroatoms. The second kappa shape index (κ2) is 5.25. The molecule has 1 aromatic rings. The minimum Gasteiger partial charge on any atom is -0.312 e. The Labute approximate surface area is 116 Å². The number of nitrogens with zero attached hydrogens (tertiary/aromatic N) is 3. The van der Waals surface area contributed by atoms with Crippen LogP contribution in [0.3, 0.4) is 0 Å². The van der Waals surface area contributed by atoms with E-state index in [1.807, 2.05) is 11.7 Å². The smallest absolute Gasteiger partial charge is 0.0641 e. The van der Waals surface area contributed by atoms with E-state index < -0.39 is 0 Å². The molecule has 1 aliphatic heterocycles. The number of nitrogens with one attached hydrogen (secondary N) is 1. The Morgan fingerprint density at radius 1 is 1.26 bits per heavy atom. The monoisotopic (exact) mass is 262 g/mol. The van der Waals surface area contributed by atoms with E-state index in [1.165, 1.54) is 49.3 Å². The molecule has 1 aromatic heterocycles. The molecule has 106 valence electrons. The molecule has 19 heavy (non-hydrogen) atoms. The molecular formula is C15H26N4. The standard InChI is InChI=1S/C15H26N4/c1-11-15(12(2)18(3)17-11)9-16-8-13-6-7-19(10-13)14-4-5-14/h13-14,16H,4-10H2,1-3H3/t13-/m1/s1. The minimum absolute atomic E-state index is 0.845. The summed E-state index contributed by atoms with van der Waals surface area (Å²) < 4.78 is 1.98. The summed E-state index contributed by atoms with van der Waals surface area (Å²) in [6.45, 7) is 9.00. The molecule has 0 unspecified atom stereocenters. The van der Waals surface area contributed by atoms with Gasteiger partial charge in [0, 0.05) is 37.4 Å². The second-order valence-electron chi connectivity index (χ2n) is 6.28. The SMILES string of the molecule is Cc1nn(C)c(C)c1CNC[C@H]1CCN(C2CC2)C1. The van der Waals surface area contributed by atoms with Crippen molar-refractivity contribution in [3.8, 4) is 0 Å². The highest BCUT2D eigenvalue weighted by Gasteiger charge is 2.34. The zero-order chi connectivity index (χ0) is 13.4. The van der Waals surface area contributed by atoms with E-state index in [9.17, 15) is 0 Å². The average Bonchev–Trinajstić information content (AvgIpc) is 3.08. The van der Waals surface area contributed by atoms with E-state index in [-0.39, 0.29) is 0 Å². The summed E-state index contributed by atoms with van der Waals surface area (Å²) in [5, 5.41) is 8.11. The molecule has 0 aromatic carbocycles. The molecular weight excluding hydrogens is 236 g/mol. The third-order valence-electron chi connectivity index (χ3n) is 4.77. The molecule has 0 bridgehead atoms. The van der Waals surface area contributed by atoms with Crippen LogP contribution in [0.5, 0.6) is 0 Å². The van der Waals surface area contributed by atoms with E-state index in [4.69, 9.17) is 0 Å². The van der Waals surface area contributed by atoms with Crippen molar-refractivity contribution in [3.05, 3.63) is 17.0 Å². The molecule has 0 amide bonds. The molecule has 0 radical (unpaired) electrons. The maximum Gasteiger partial charge on any atom is 0.0641 e. The Morgan fingerprint density at radius 3 is 2.68 bits per heavy atom. The van der Waals surface area contributed by atoms with Gasteiger partial charge in [0.2, 0.25) is 0 Å². The fraction of sp³-hybridized carbons (Fsp3) is 0.800. The molecule has 1 saturated carbocycles. The van der Waals surface area contributed by atoms with Crippen LogP contribution < -0.4 is 5.32 Å². The zero-order valence-electron chi connectivity index (χ0n) is 12.4. The lowest BCUT2D eigenvalue weighted by molar-refractivity contribution is 0.312. The van der Waals surface area contributed by atoms with E-state index in [0.29, 0.717) is 0 Å². The first-order chi connectivity index (χ1) is 9.15. The van der Waals surface area contributed by atoms with Crippen molar-refractivity contribution < 1.29 is 0 Å². The quantitative estimate of drug-likeness (QED) is 0.875. The molecule has 1 aliphatic carbocycles. The number of hydrogen-bond donors (Lipinski definition) is 1. The second-order valence-corrected chi connectivity index (χ2v) is 6.28. The molecule has 1 saturated heterocycles. The van der Waals surface area contributed by atoms with Gasteiger partial charge in [0.25, 0.3) is 0 Å². The first-order valence-corrected chi connectivity index (χ1v) is 7.59. The summed E-state index contributed by atoms with van der Waals surface area (Å²) in [6, 6.07) is 0.938. The maximum absolute atomic E-state index is 4.47. The minimum atomic E-state index is 0.845. The van der Waals surface area contributed by atoms with Crippen molar-refractivity contribution in [2.45, 2.75) is 45.7 Å². The van der Waals surface area contributed by atoms with Gasteiger partial charge in [0.15, 0.2) is 0 Å². The lowest BCUT2D eigenvalue weighted by Gasteiger charge is -2.15. The molecule has 2 fully saturated rings. The number of rotatable bonds is 5. The Hall–Kier alpha value is -0.870. The average molecular weight is 262 g/mol. The lowest BCUT2D eigenvalue weighted by Crippen LogP contribution is -2.27. The van der Waals surface area contributed by atoms with Crippen LogP contribution >= 0.6 is 0 Å². The van der Waals surface area contributed by atoms with E-state index >= 15 is 0 Å². The van der Waals surface area contributed by atoms with Gasteiger partial charge in [-0.25, -0.2) is 0 Å². The Bertz CT molecular complexity index is 447. The third-order valence-corrected chi connectivity index (χ3v) is 4.77. The molecule has 4 nitrogen and oxygen atoms in total. The topological polar surface area (TPSA) is 33.1 Å². The van der Waals surface area contributed by atoms with Crippen molar-refractivity contribution in [1.82, 2.24) is 20.0 Å². The van der Waals surface area contributed by atoms with Crippen LogP contribution in [0.4, 0.5) is 0 Å². The largest absolute Gasteiger partial charge is 0.312 e. The predicted molar refractivity (Wildman–Crippen MR) is 77.1 cm³/mol. The summed E-state index contributed by atoms with van der Waals surface area (Å²) in [6.07, 6.45) is 4.25. The van der Waals surface area contributed by atoms with E-state index in [1.54, 1.807) is 0 Å². The summed E-state index contributed by atoms with van der Waals surface area (Å²) in [5.74, 6) is 0.845. The number of hydrogen-bond acceptors (Lipinski definition) is 3. The number of aromatic nitrogens is 2. The van der Waals surface area contributed by atoms with Gasteiger partial charge in [-0.1, -0.05) is 0 Å². The molecule has 1 N–H and O–H groups in total. The van der Waals surface area contributed by atoms with Gasteiger partial charge in [-0.2, -0.15) is 5.10 Å². The van der Waals surface area contributed by atoms with Crippen molar-refractivity contribution in [2.75, 3.05) is 19.6 Å². The highest BCUT2D eigenvalue weighted by atomic mass is 15.3. The molecule has 0 spiro atoms. The molecule has 1 atom stereocenters. The van der Waals surface area contributed by atoms with Gasteiger partial charge >= 0.3 is 0 Å². The number of aryl methyl sites for hydroxylation is 2. The number of likely N-dealkylation sites (tertiary alicyclic amines) is 1. The van der Waals surface area contributed by atoms with E-state index in [0.717, 1.165) is 25.0 Å². The van der Waals surface area contributed by atoms with Crippen molar-refractivity contribution in [1.29, 1.82) is 0 Å². The van der Waals surface area contributed by atoms with Crippen LogP contribution in [-0.4, -0.2) is 40.4 Å². The highest BCUT2D eigenvalue weighted by molar-refractivity contribution is 5.23. The van der Waals surface area contributed by atoms with Crippen LogP contribution in [0.1, 0.15) is 36.2 Å². The van der Waals surface area contributed by atoms with Crippen molar-refractivity contribution >= 4 is 0 Å². The first-order valence-electron chi connectivity index (χ1n) is 7.59. The van der Waals surface area contributed by atoms with Crippen LogP contribution in [0.15, 0.2) is 0 Å². The lowest BCUT2D eigenvalue weighted by atomic mass is 10.1. The van der Waals surface area contributed by atoms with Gasteiger partial charge < -0.3 is 10.2 Å². The molecule has 2 aliphatic rings. The fourth-order valence-corrected chi connectivity index (χ4v) is 3.28. The van der Waals surface area contributed by atoms with Gasteiger partial charge in [-0.05, 0) is 52.1 Å². The predicted octanol–water partition coefficient (Wildman–Crippen LogP) is 1.61. The summed E-state index contributed by atoms with van der Waals surface area (Å²) in [4.78, 5) is 2.69. The van der Waals surface area contributed by atoms with Crippen molar-refractivity contribution in [2.24, 2.45) is 13.0 Å². The van der Waals surface area contributed by atoms with Crippen LogP contribution in [-0.2, 0) is 13.6 Å². The summed E-state index contributed by atoms with van der Waals surface area (Å²) in [7, 11) is 2.02. The van der Waals surface area contributed by atoms with Gasteiger partial charge in [0.05, 0.1) is 5.69 Å². The first kappa shape index (κ1) is 13.1. The van der Waals surface area contributed by atoms with Crippen molar-refractivity contribution in [3.63, 3.8) is 0 Å². The third kappa shape index (κ3) is 2.84. The Morgan fingerprint density at radius 2 is 2.05 bits per heavy atom. The molecule has 3 rings (SSSR count). The van der Waals surface area contributed by atoms with Crippen LogP contribution in [0, 0.1) is 19.8 Å². The fourth-order valence-electron chi connectivity index (χ4n) is 3.28. The van der Waals surface area contributed by atoms with Crippen LogP contribution in [0.25, 0.3) is 0 Å². The summed E-state index contributed by atoms with van der Waals surface area (Å²) in [5.41, 5.74) is 3.83. The normalized spacial score (nSPS) is 24.3. The van der Waals surface area contributed by atoms with Gasteiger partial charge in [-0.15, -0.1) is 0 Å². The van der Waals surface area contributed by atoms with E-state index in [2.05, 4.69) is 29.2 Å². The molecule has 2 heterocycles. The summed E-state index contributed by atoms with van der Waals surface area (Å²) >= 11 is 0. The van der Waals surface area contributed by atoms with Gasteiger partial charge in [-0.3, -0.25) is 4.68 Å². The van der Waals surface area contributed by atoms with Gasteiger partial charge in [0.1, 0.15) is 0 Å². The highest BCUT2D eigenvalue weighted by Crippen LogP contribution is 2.31. The maximum atomic E-state index is 4.47. The van der Waals surface area contributed by atoms with Crippen LogP contribution in [0.2, 0.25) is 0 Å². The Balaban J connectivity index is 1.45.